The van der Waals surface area contributed by atoms with Gasteiger partial charge in [-0.25, -0.2) is 0 Å². The van der Waals surface area contributed by atoms with E-state index < -0.39 is 5.79 Å². The van der Waals surface area contributed by atoms with Crippen LogP contribution in [0.5, 0.6) is 0 Å². The molecule has 1 unspecified atom stereocenters. The molecule has 1 fully saturated rings. The van der Waals surface area contributed by atoms with Crippen molar-refractivity contribution in [1.82, 2.24) is 5.32 Å². The fourth-order valence-corrected chi connectivity index (χ4v) is 1.59. The third-order valence-corrected chi connectivity index (χ3v) is 2.32. The average molecular weight is 160 g/mol. The van der Waals surface area contributed by atoms with Crippen molar-refractivity contribution >= 4 is 0 Å². The zero-order chi connectivity index (χ0) is 8.32. The monoisotopic (exact) mass is 160 g/mol. The largest absolute Gasteiger partial charge is 0.352 e. The number of rotatable bonds is 3. The molecule has 0 bridgehead atoms. The first kappa shape index (κ1) is 8.93. The van der Waals surface area contributed by atoms with E-state index in [-0.39, 0.29) is 6.04 Å². The summed E-state index contributed by atoms with van der Waals surface area (Å²) in [6.45, 7) is 1.45. The second-order valence-electron chi connectivity index (χ2n) is 2.71. The minimum atomic E-state index is -0.491. The number of ether oxygens (including phenoxy) is 2. The Morgan fingerprint density at radius 2 is 2.18 bits per heavy atom. The summed E-state index contributed by atoms with van der Waals surface area (Å²) in [5.74, 6) is -0.491. The lowest BCUT2D eigenvalue weighted by Crippen LogP contribution is -2.50. The summed E-state index contributed by atoms with van der Waals surface area (Å²) in [7, 11) is 3.30. The van der Waals surface area contributed by atoms with Crippen molar-refractivity contribution in [3.8, 4) is 0 Å². The zero-order valence-electron chi connectivity index (χ0n) is 7.09. The summed E-state index contributed by atoms with van der Waals surface area (Å²) < 4.78 is 10.6. The first-order valence-electron chi connectivity index (χ1n) is 3.83. The molecule has 4 nitrogen and oxygen atoms in total. The van der Waals surface area contributed by atoms with Crippen molar-refractivity contribution in [2.24, 2.45) is 5.73 Å². The van der Waals surface area contributed by atoms with Crippen molar-refractivity contribution in [2.75, 3.05) is 27.3 Å². The highest BCUT2D eigenvalue weighted by molar-refractivity contribution is 4.92. The van der Waals surface area contributed by atoms with E-state index in [9.17, 15) is 0 Å². The molecule has 3 N–H and O–H groups in total. The van der Waals surface area contributed by atoms with E-state index in [1.165, 1.54) is 0 Å². The predicted octanol–water partition coefficient (Wildman–Crippen LogP) is -0.704. The van der Waals surface area contributed by atoms with Crippen LogP contribution in [0.2, 0.25) is 0 Å². The summed E-state index contributed by atoms with van der Waals surface area (Å²) >= 11 is 0. The topological polar surface area (TPSA) is 56.5 Å². The van der Waals surface area contributed by atoms with Gasteiger partial charge in [0, 0.05) is 33.7 Å². The molecule has 0 saturated carbocycles. The molecule has 1 rings (SSSR count). The number of hydrogen-bond donors (Lipinski definition) is 2. The van der Waals surface area contributed by atoms with E-state index in [0.717, 1.165) is 13.0 Å². The summed E-state index contributed by atoms with van der Waals surface area (Å²) in [4.78, 5) is 0. The minimum absolute atomic E-state index is 0.123. The van der Waals surface area contributed by atoms with Crippen LogP contribution >= 0.6 is 0 Å². The van der Waals surface area contributed by atoms with Crippen LogP contribution in [0.1, 0.15) is 6.42 Å². The fraction of sp³-hybridized carbons (Fsp3) is 1.00. The molecule has 0 spiro atoms. The second kappa shape index (κ2) is 3.49. The average Bonchev–Trinajstić information content (AvgIpc) is 2.47. The van der Waals surface area contributed by atoms with Gasteiger partial charge in [-0.2, -0.15) is 0 Å². The molecule has 0 aliphatic carbocycles. The lowest BCUT2D eigenvalue weighted by Gasteiger charge is -2.31. The van der Waals surface area contributed by atoms with Crippen LogP contribution < -0.4 is 11.1 Å². The smallest absolute Gasteiger partial charge is 0.185 e. The van der Waals surface area contributed by atoms with Crippen LogP contribution in [0.15, 0.2) is 0 Å². The Morgan fingerprint density at radius 3 is 2.55 bits per heavy atom. The molecule has 0 aromatic heterocycles. The van der Waals surface area contributed by atoms with E-state index in [1.807, 2.05) is 0 Å². The van der Waals surface area contributed by atoms with Crippen LogP contribution in [0.4, 0.5) is 0 Å². The molecule has 1 saturated heterocycles. The maximum atomic E-state index is 5.54. The molecule has 1 atom stereocenters. The van der Waals surface area contributed by atoms with Gasteiger partial charge in [0.25, 0.3) is 0 Å². The molecular weight excluding hydrogens is 144 g/mol. The maximum absolute atomic E-state index is 5.54. The number of hydrogen-bond acceptors (Lipinski definition) is 4. The van der Waals surface area contributed by atoms with E-state index in [2.05, 4.69) is 5.32 Å². The van der Waals surface area contributed by atoms with Crippen LogP contribution in [-0.2, 0) is 9.47 Å². The van der Waals surface area contributed by atoms with Gasteiger partial charge in [0.1, 0.15) is 0 Å². The lowest BCUT2D eigenvalue weighted by molar-refractivity contribution is -0.209. The summed E-state index contributed by atoms with van der Waals surface area (Å²) in [6.07, 6.45) is 0.863. The van der Waals surface area contributed by atoms with Crippen molar-refractivity contribution in [1.29, 1.82) is 0 Å². The molecule has 11 heavy (non-hydrogen) atoms. The van der Waals surface area contributed by atoms with Gasteiger partial charge in [-0.05, 0) is 0 Å². The van der Waals surface area contributed by atoms with Crippen molar-refractivity contribution in [2.45, 2.75) is 18.2 Å². The highest BCUT2D eigenvalue weighted by Crippen LogP contribution is 2.24. The normalized spacial score (nSPS) is 29.2. The molecular formula is C7H16N2O2. The molecule has 1 heterocycles. The quantitative estimate of drug-likeness (QED) is 0.536. The second-order valence-corrected chi connectivity index (χ2v) is 2.71. The van der Waals surface area contributed by atoms with Crippen molar-refractivity contribution in [3.63, 3.8) is 0 Å². The Bertz CT molecular complexity index is 126. The molecule has 1 aliphatic heterocycles. The van der Waals surface area contributed by atoms with E-state index in [1.54, 1.807) is 14.2 Å². The van der Waals surface area contributed by atoms with E-state index >= 15 is 0 Å². The molecule has 0 aromatic rings. The van der Waals surface area contributed by atoms with E-state index in [0.29, 0.717) is 6.54 Å². The van der Waals surface area contributed by atoms with Crippen molar-refractivity contribution < 1.29 is 9.47 Å². The predicted molar refractivity (Wildman–Crippen MR) is 42.2 cm³/mol. The Balaban J connectivity index is 2.63. The molecule has 1 aliphatic rings. The molecule has 0 aromatic carbocycles. The van der Waals surface area contributed by atoms with Gasteiger partial charge in [-0.15, -0.1) is 0 Å². The number of nitrogens with two attached hydrogens (primary N) is 1. The molecule has 0 radical (unpaired) electrons. The number of methoxy groups -OCH3 is 2. The first-order chi connectivity index (χ1) is 5.29. The Labute approximate surface area is 67.0 Å². The lowest BCUT2D eigenvalue weighted by atomic mass is 10.1. The van der Waals surface area contributed by atoms with Gasteiger partial charge in [0.2, 0.25) is 0 Å². The van der Waals surface area contributed by atoms with Gasteiger partial charge in [-0.1, -0.05) is 0 Å². The fourth-order valence-electron chi connectivity index (χ4n) is 1.59. The Morgan fingerprint density at radius 1 is 1.55 bits per heavy atom. The van der Waals surface area contributed by atoms with Gasteiger partial charge in [0.05, 0.1) is 6.04 Å². The molecule has 66 valence electrons. The van der Waals surface area contributed by atoms with Crippen LogP contribution in [-0.4, -0.2) is 39.1 Å². The number of nitrogens with one attached hydrogen (secondary N) is 1. The minimum Gasteiger partial charge on any atom is -0.352 e. The third kappa shape index (κ3) is 1.39. The Hall–Kier alpha value is -0.160. The van der Waals surface area contributed by atoms with Gasteiger partial charge >= 0.3 is 0 Å². The van der Waals surface area contributed by atoms with Crippen molar-refractivity contribution in [3.05, 3.63) is 0 Å². The Kier molecular flexibility index (Phi) is 2.84. The standard InChI is InChI=1S/C7H16N2O2/c1-10-7(11-2)3-4-9-6(7)5-8/h6,9H,3-5,8H2,1-2H3. The zero-order valence-corrected chi connectivity index (χ0v) is 7.09. The highest BCUT2D eigenvalue weighted by Gasteiger charge is 2.42. The van der Waals surface area contributed by atoms with Crippen LogP contribution in [0, 0.1) is 0 Å². The highest BCUT2D eigenvalue weighted by atomic mass is 16.7. The van der Waals surface area contributed by atoms with Gasteiger partial charge in [0.15, 0.2) is 5.79 Å². The summed E-state index contributed by atoms with van der Waals surface area (Å²) in [5, 5.41) is 3.22. The molecule has 0 amide bonds. The third-order valence-electron chi connectivity index (χ3n) is 2.32. The first-order valence-corrected chi connectivity index (χ1v) is 3.83. The van der Waals surface area contributed by atoms with Gasteiger partial charge < -0.3 is 20.5 Å². The van der Waals surface area contributed by atoms with Crippen LogP contribution in [0.25, 0.3) is 0 Å². The molecule has 4 heteroatoms. The van der Waals surface area contributed by atoms with E-state index in [4.69, 9.17) is 15.2 Å². The summed E-state index contributed by atoms with van der Waals surface area (Å²) in [6, 6.07) is 0.123. The van der Waals surface area contributed by atoms with Gasteiger partial charge in [-0.3, -0.25) is 0 Å². The van der Waals surface area contributed by atoms with Crippen LogP contribution in [0.3, 0.4) is 0 Å². The SMILES string of the molecule is COC1(OC)CCNC1CN. The summed E-state index contributed by atoms with van der Waals surface area (Å²) in [5.41, 5.74) is 5.54. The maximum Gasteiger partial charge on any atom is 0.185 e.